The van der Waals surface area contributed by atoms with Gasteiger partial charge in [-0.05, 0) is 6.07 Å². The molecule has 3 unspecified atom stereocenters. The fraction of sp³-hybridized carbons (Fsp3) is 0.556. The predicted octanol–water partition coefficient (Wildman–Crippen LogP) is -0.999. The fourth-order valence-electron chi connectivity index (χ4n) is 1.79. The molecule has 1 aliphatic heterocycles. The van der Waals surface area contributed by atoms with E-state index in [0.29, 0.717) is 0 Å². The molecule has 1 fully saturated rings. The molecule has 106 valence electrons. The molecule has 9 nitrogen and oxygen atoms in total. The van der Waals surface area contributed by atoms with Crippen LogP contribution in [0.5, 0.6) is 0 Å². The van der Waals surface area contributed by atoms with Crippen LogP contribution in [-0.2, 0) is 13.8 Å². The number of hydrogen-bond acceptors (Lipinski definition) is 6. The third-order valence-corrected chi connectivity index (χ3v) is 3.15. The highest BCUT2D eigenvalue weighted by Gasteiger charge is 2.36. The number of ether oxygens (including phenoxy) is 1. The van der Waals surface area contributed by atoms with E-state index in [1.165, 1.54) is 23.0 Å². The lowest BCUT2D eigenvalue weighted by atomic mass is 10.2. The van der Waals surface area contributed by atoms with Crippen molar-refractivity contribution in [2.45, 2.75) is 24.9 Å². The summed E-state index contributed by atoms with van der Waals surface area (Å²) in [6, 6.07) is 1.54. The van der Waals surface area contributed by atoms with Crippen molar-refractivity contribution in [3.8, 4) is 0 Å². The molecule has 10 heteroatoms. The van der Waals surface area contributed by atoms with E-state index in [2.05, 4.69) is 9.51 Å². The van der Waals surface area contributed by atoms with Gasteiger partial charge < -0.3 is 19.6 Å². The topological polar surface area (TPSA) is 131 Å². The summed E-state index contributed by atoms with van der Waals surface area (Å²) in [4.78, 5) is 32.2. The molecule has 19 heavy (non-hydrogen) atoms. The van der Waals surface area contributed by atoms with Crippen LogP contribution in [0.1, 0.15) is 12.6 Å². The molecule has 0 saturated carbocycles. The Morgan fingerprint density at radius 1 is 1.58 bits per heavy atom. The van der Waals surface area contributed by atoms with Crippen molar-refractivity contribution in [2.24, 2.45) is 0 Å². The Balaban J connectivity index is 2.03. The highest BCUT2D eigenvalue weighted by atomic mass is 31.2. The van der Waals surface area contributed by atoms with Gasteiger partial charge in [0.15, 0.2) is 0 Å². The SMILES string of the molecule is O=c1ncccn1C1CC(O)C(COP(=O)(O)O)O1. The third-order valence-electron chi connectivity index (χ3n) is 2.66. The number of hydrogen-bond donors (Lipinski definition) is 3. The highest BCUT2D eigenvalue weighted by molar-refractivity contribution is 7.46. The van der Waals surface area contributed by atoms with E-state index in [4.69, 9.17) is 14.5 Å². The second-order valence-electron chi connectivity index (χ2n) is 4.03. The van der Waals surface area contributed by atoms with E-state index in [0.717, 1.165) is 0 Å². The number of phosphoric ester groups is 1. The van der Waals surface area contributed by atoms with Crippen LogP contribution in [0.3, 0.4) is 0 Å². The average molecular weight is 292 g/mol. The molecule has 2 heterocycles. The molecule has 1 aromatic rings. The summed E-state index contributed by atoms with van der Waals surface area (Å²) in [7, 11) is -4.62. The van der Waals surface area contributed by atoms with E-state index < -0.39 is 38.6 Å². The van der Waals surface area contributed by atoms with Crippen molar-refractivity contribution < 1.29 is 28.7 Å². The minimum Gasteiger partial charge on any atom is -0.390 e. The molecule has 0 spiro atoms. The Bertz CT molecular complexity index is 541. The maximum Gasteiger partial charge on any atom is 0.469 e. The summed E-state index contributed by atoms with van der Waals surface area (Å²) in [6.07, 6.45) is 0.271. The van der Waals surface area contributed by atoms with Crippen molar-refractivity contribution in [3.63, 3.8) is 0 Å². The van der Waals surface area contributed by atoms with Gasteiger partial charge in [-0.3, -0.25) is 9.09 Å². The van der Waals surface area contributed by atoms with Crippen LogP contribution >= 0.6 is 7.82 Å². The average Bonchev–Trinajstić information content (AvgIpc) is 2.68. The zero-order chi connectivity index (χ0) is 14.0. The predicted molar refractivity (Wildman–Crippen MR) is 61.0 cm³/mol. The molecular weight excluding hydrogens is 279 g/mol. The number of aliphatic hydroxyl groups excluding tert-OH is 1. The van der Waals surface area contributed by atoms with Crippen LogP contribution in [0.4, 0.5) is 0 Å². The molecule has 0 amide bonds. The quantitative estimate of drug-likeness (QED) is 0.602. The van der Waals surface area contributed by atoms with Crippen molar-refractivity contribution in [3.05, 3.63) is 28.9 Å². The maximum atomic E-state index is 11.5. The van der Waals surface area contributed by atoms with Gasteiger partial charge >= 0.3 is 13.5 Å². The zero-order valence-corrected chi connectivity index (χ0v) is 10.6. The molecule has 0 aromatic carbocycles. The van der Waals surface area contributed by atoms with E-state index in [-0.39, 0.29) is 6.42 Å². The largest absolute Gasteiger partial charge is 0.469 e. The first-order valence-corrected chi connectivity index (χ1v) is 6.96. The molecule has 3 atom stereocenters. The Labute approximate surface area is 107 Å². The summed E-state index contributed by atoms with van der Waals surface area (Å²) >= 11 is 0. The van der Waals surface area contributed by atoms with Crippen LogP contribution in [0.2, 0.25) is 0 Å². The van der Waals surface area contributed by atoms with Gasteiger partial charge in [-0.25, -0.2) is 14.3 Å². The lowest BCUT2D eigenvalue weighted by molar-refractivity contribution is -0.0450. The van der Waals surface area contributed by atoms with Crippen molar-refractivity contribution in [1.82, 2.24) is 9.55 Å². The van der Waals surface area contributed by atoms with E-state index in [1.54, 1.807) is 0 Å². The first kappa shape index (κ1) is 14.3. The van der Waals surface area contributed by atoms with Gasteiger partial charge in [-0.15, -0.1) is 0 Å². The molecule has 0 bridgehead atoms. The number of phosphoric acid groups is 1. The summed E-state index contributed by atoms with van der Waals surface area (Å²) in [5, 5.41) is 9.71. The zero-order valence-electron chi connectivity index (χ0n) is 9.69. The lowest BCUT2D eigenvalue weighted by Gasteiger charge is -2.16. The molecule has 0 aliphatic carbocycles. The van der Waals surface area contributed by atoms with Gasteiger partial charge in [0.2, 0.25) is 0 Å². The Hall–Kier alpha value is -1.09. The maximum absolute atomic E-state index is 11.5. The summed E-state index contributed by atoms with van der Waals surface area (Å²) in [6.45, 7) is -0.461. The van der Waals surface area contributed by atoms with Gasteiger partial charge in [0.25, 0.3) is 0 Å². The van der Waals surface area contributed by atoms with Gasteiger partial charge in [-0.2, -0.15) is 0 Å². The van der Waals surface area contributed by atoms with Crippen LogP contribution in [0.15, 0.2) is 23.3 Å². The number of aromatic nitrogens is 2. The number of aliphatic hydroxyl groups is 1. The fourth-order valence-corrected chi connectivity index (χ4v) is 2.14. The molecule has 1 aliphatic rings. The van der Waals surface area contributed by atoms with Gasteiger partial charge in [0.1, 0.15) is 12.3 Å². The Kier molecular flexibility index (Phi) is 4.14. The molecule has 2 rings (SSSR count). The minimum atomic E-state index is -4.62. The van der Waals surface area contributed by atoms with Crippen molar-refractivity contribution in [2.75, 3.05) is 6.61 Å². The van der Waals surface area contributed by atoms with Crippen LogP contribution < -0.4 is 5.69 Å². The normalized spacial score (nSPS) is 27.6. The molecule has 0 radical (unpaired) electrons. The van der Waals surface area contributed by atoms with Crippen molar-refractivity contribution >= 4 is 7.82 Å². The Morgan fingerprint density at radius 2 is 2.32 bits per heavy atom. The van der Waals surface area contributed by atoms with Crippen LogP contribution in [0, 0.1) is 0 Å². The van der Waals surface area contributed by atoms with Gasteiger partial charge in [0, 0.05) is 18.8 Å². The number of rotatable bonds is 4. The smallest absolute Gasteiger partial charge is 0.390 e. The number of nitrogens with zero attached hydrogens (tertiary/aromatic N) is 2. The molecular formula is C9H13N2O7P. The monoisotopic (exact) mass is 292 g/mol. The molecule has 3 N–H and O–H groups in total. The first-order valence-electron chi connectivity index (χ1n) is 5.43. The third kappa shape index (κ3) is 3.69. The highest BCUT2D eigenvalue weighted by Crippen LogP contribution is 2.38. The lowest BCUT2D eigenvalue weighted by Crippen LogP contribution is -2.27. The Morgan fingerprint density at radius 3 is 2.95 bits per heavy atom. The van der Waals surface area contributed by atoms with Crippen molar-refractivity contribution in [1.29, 1.82) is 0 Å². The van der Waals surface area contributed by atoms with E-state index in [9.17, 15) is 14.5 Å². The standard InChI is InChI=1S/C9H13N2O7P/c12-6-4-8(11-3-1-2-10-9(11)13)18-7(6)5-17-19(14,15)16/h1-3,6-8,12H,4-5H2,(H2,14,15,16). The summed E-state index contributed by atoms with van der Waals surface area (Å²) in [5.74, 6) is 0. The second-order valence-corrected chi connectivity index (χ2v) is 5.27. The van der Waals surface area contributed by atoms with Gasteiger partial charge in [-0.1, -0.05) is 0 Å². The molecule has 1 aromatic heterocycles. The summed E-state index contributed by atoms with van der Waals surface area (Å²) in [5.41, 5.74) is -0.531. The molecule has 1 saturated heterocycles. The van der Waals surface area contributed by atoms with Crippen LogP contribution in [-0.4, -0.2) is 43.3 Å². The summed E-state index contributed by atoms with van der Waals surface area (Å²) < 4.78 is 21.4. The van der Waals surface area contributed by atoms with E-state index >= 15 is 0 Å². The first-order chi connectivity index (χ1) is 8.87. The van der Waals surface area contributed by atoms with E-state index in [1.807, 2.05) is 0 Å². The second kappa shape index (κ2) is 5.49. The van der Waals surface area contributed by atoms with Gasteiger partial charge in [0.05, 0.1) is 12.7 Å². The minimum absolute atomic E-state index is 0.112. The van der Waals surface area contributed by atoms with Crippen LogP contribution in [0.25, 0.3) is 0 Å².